The Morgan fingerprint density at radius 2 is 1.84 bits per heavy atom. The third-order valence-electron chi connectivity index (χ3n) is 2.57. The van der Waals surface area contributed by atoms with Gasteiger partial charge < -0.3 is 10.2 Å². The molecule has 0 aliphatic heterocycles. The van der Waals surface area contributed by atoms with Gasteiger partial charge in [-0.15, -0.1) is 0 Å². The van der Waals surface area contributed by atoms with Crippen molar-refractivity contribution >= 4 is 33.3 Å². The molecule has 1 N–H and O–H groups in total. The van der Waals surface area contributed by atoms with E-state index in [0.717, 1.165) is 10.3 Å². The Bertz CT molecular complexity index is 564. The molecule has 1 aromatic heterocycles. The number of nitrogens with one attached hydrogen (secondary N) is 1. The second-order valence-corrected chi connectivity index (χ2v) is 5.18. The first kappa shape index (κ1) is 13.5. The highest BCUT2D eigenvalue weighted by atomic mass is 79.9. The minimum absolute atomic E-state index is 0.146. The molecule has 0 aliphatic rings. The number of rotatable bonds is 3. The average molecular weight is 320 g/mol. The zero-order valence-electron chi connectivity index (χ0n) is 10.7. The summed E-state index contributed by atoms with van der Waals surface area (Å²) in [7, 11) is 3.84. The molecule has 1 aromatic carbocycles. The van der Waals surface area contributed by atoms with Crippen molar-refractivity contribution in [2.45, 2.75) is 0 Å². The fourth-order valence-corrected chi connectivity index (χ4v) is 1.79. The SMILES string of the molecule is CN(C)c1ccc(NC(=O)c2ccc(Br)cc2)cn1. The summed E-state index contributed by atoms with van der Waals surface area (Å²) in [6.07, 6.45) is 1.64. The van der Waals surface area contributed by atoms with Gasteiger partial charge in [-0.25, -0.2) is 4.98 Å². The molecule has 0 atom stereocenters. The molecule has 0 unspecified atom stereocenters. The first-order valence-electron chi connectivity index (χ1n) is 5.76. The van der Waals surface area contributed by atoms with Crippen LogP contribution in [0.4, 0.5) is 11.5 Å². The van der Waals surface area contributed by atoms with E-state index in [1.807, 2.05) is 43.3 Å². The summed E-state index contributed by atoms with van der Waals surface area (Å²) in [6, 6.07) is 10.9. The van der Waals surface area contributed by atoms with Gasteiger partial charge in [0.05, 0.1) is 11.9 Å². The summed E-state index contributed by atoms with van der Waals surface area (Å²) in [5.74, 6) is 0.702. The van der Waals surface area contributed by atoms with Crippen molar-refractivity contribution in [3.63, 3.8) is 0 Å². The second-order valence-electron chi connectivity index (χ2n) is 4.26. The fraction of sp³-hybridized carbons (Fsp3) is 0.143. The molecule has 0 saturated carbocycles. The van der Waals surface area contributed by atoms with Crippen LogP contribution in [-0.4, -0.2) is 25.0 Å². The van der Waals surface area contributed by atoms with Crippen LogP contribution in [0.5, 0.6) is 0 Å². The topological polar surface area (TPSA) is 45.2 Å². The van der Waals surface area contributed by atoms with E-state index in [0.29, 0.717) is 11.3 Å². The lowest BCUT2D eigenvalue weighted by molar-refractivity contribution is 0.102. The fourth-order valence-electron chi connectivity index (χ4n) is 1.53. The summed E-state index contributed by atoms with van der Waals surface area (Å²) in [5, 5.41) is 2.81. The normalized spacial score (nSPS) is 10.1. The minimum atomic E-state index is -0.146. The maximum atomic E-state index is 12.0. The minimum Gasteiger partial charge on any atom is -0.363 e. The van der Waals surface area contributed by atoms with Gasteiger partial charge in [0.15, 0.2) is 0 Å². The van der Waals surface area contributed by atoms with E-state index < -0.39 is 0 Å². The third kappa shape index (κ3) is 3.54. The number of hydrogen-bond donors (Lipinski definition) is 1. The Kier molecular flexibility index (Phi) is 4.16. The highest BCUT2D eigenvalue weighted by Gasteiger charge is 2.06. The summed E-state index contributed by atoms with van der Waals surface area (Å²) in [4.78, 5) is 18.1. The van der Waals surface area contributed by atoms with Gasteiger partial charge >= 0.3 is 0 Å². The molecule has 0 fully saturated rings. The van der Waals surface area contributed by atoms with Gasteiger partial charge in [0.1, 0.15) is 5.82 Å². The highest BCUT2D eigenvalue weighted by Crippen LogP contribution is 2.14. The monoisotopic (exact) mass is 319 g/mol. The molecule has 1 heterocycles. The van der Waals surface area contributed by atoms with Crippen molar-refractivity contribution in [1.82, 2.24) is 4.98 Å². The lowest BCUT2D eigenvalue weighted by Crippen LogP contribution is -2.13. The molecule has 0 saturated heterocycles. The predicted octanol–water partition coefficient (Wildman–Crippen LogP) is 3.16. The van der Waals surface area contributed by atoms with Crippen molar-refractivity contribution in [2.24, 2.45) is 0 Å². The maximum absolute atomic E-state index is 12.0. The number of anilines is 2. The van der Waals surface area contributed by atoms with Crippen molar-refractivity contribution < 1.29 is 4.79 Å². The molecule has 2 rings (SSSR count). The van der Waals surface area contributed by atoms with Crippen molar-refractivity contribution in [2.75, 3.05) is 24.3 Å². The molecule has 5 heteroatoms. The van der Waals surface area contributed by atoms with Gasteiger partial charge in [0.25, 0.3) is 5.91 Å². The number of benzene rings is 1. The van der Waals surface area contributed by atoms with Crippen LogP contribution < -0.4 is 10.2 Å². The summed E-state index contributed by atoms with van der Waals surface area (Å²) < 4.78 is 0.945. The van der Waals surface area contributed by atoms with Crippen LogP contribution in [0.3, 0.4) is 0 Å². The third-order valence-corrected chi connectivity index (χ3v) is 3.10. The van der Waals surface area contributed by atoms with Crippen LogP contribution in [0.15, 0.2) is 47.1 Å². The second kappa shape index (κ2) is 5.84. The zero-order chi connectivity index (χ0) is 13.8. The molecular weight excluding hydrogens is 306 g/mol. The van der Waals surface area contributed by atoms with Gasteiger partial charge in [0.2, 0.25) is 0 Å². The van der Waals surface area contributed by atoms with E-state index in [-0.39, 0.29) is 5.91 Å². The lowest BCUT2D eigenvalue weighted by atomic mass is 10.2. The molecule has 0 radical (unpaired) electrons. The predicted molar refractivity (Wildman–Crippen MR) is 80.7 cm³/mol. The van der Waals surface area contributed by atoms with E-state index in [4.69, 9.17) is 0 Å². The van der Waals surface area contributed by atoms with Crippen LogP contribution in [-0.2, 0) is 0 Å². The first-order chi connectivity index (χ1) is 9.06. The standard InChI is InChI=1S/C14H14BrN3O/c1-18(2)13-8-7-12(9-16-13)17-14(19)10-3-5-11(15)6-4-10/h3-9H,1-2H3,(H,17,19). The number of halogens is 1. The van der Waals surface area contributed by atoms with E-state index in [1.54, 1.807) is 18.3 Å². The smallest absolute Gasteiger partial charge is 0.255 e. The van der Waals surface area contributed by atoms with E-state index >= 15 is 0 Å². The van der Waals surface area contributed by atoms with Crippen molar-refractivity contribution in [1.29, 1.82) is 0 Å². The molecule has 98 valence electrons. The number of amides is 1. The molecule has 0 spiro atoms. The average Bonchev–Trinajstić information content (AvgIpc) is 2.40. The molecule has 0 aliphatic carbocycles. The van der Waals surface area contributed by atoms with E-state index in [2.05, 4.69) is 26.2 Å². The van der Waals surface area contributed by atoms with Crippen molar-refractivity contribution in [3.8, 4) is 0 Å². The Morgan fingerprint density at radius 3 is 2.37 bits per heavy atom. The zero-order valence-corrected chi connectivity index (χ0v) is 12.3. The largest absolute Gasteiger partial charge is 0.363 e. The Balaban J connectivity index is 2.08. The number of carbonyl (C=O) groups is 1. The van der Waals surface area contributed by atoms with E-state index in [1.165, 1.54) is 0 Å². The highest BCUT2D eigenvalue weighted by molar-refractivity contribution is 9.10. The number of aromatic nitrogens is 1. The first-order valence-corrected chi connectivity index (χ1v) is 6.56. The number of nitrogens with zero attached hydrogens (tertiary/aromatic N) is 2. The molecule has 4 nitrogen and oxygen atoms in total. The van der Waals surface area contributed by atoms with Gasteiger partial charge in [-0.3, -0.25) is 4.79 Å². The molecule has 0 bridgehead atoms. The summed E-state index contributed by atoms with van der Waals surface area (Å²) in [6.45, 7) is 0. The van der Waals surface area contributed by atoms with Gasteiger partial charge in [-0.2, -0.15) is 0 Å². The molecule has 2 aromatic rings. The molecular formula is C14H14BrN3O. The summed E-state index contributed by atoms with van der Waals surface area (Å²) >= 11 is 3.34. The Morgan fingerprint density at radius 1 is 1.16 bits per heavy atom. The van der Waals surface area contributed by atoms with Crippen LogP contribution in [0.25, 0.3) is 0 Å². The Hall–Kier alpha value is -1.88. The summed E-state index contributed by atoms with van der Waals surface area (Å²) in [5.41, 5.74) is 1.29. The van der Waals surface area contributed by atoms with Crippen LogP contribution in [0.1, 0.15) is 10.4 Å². The van der Waals surface area contributed by atoms with Crippen LogP contribution in [0, 0.1) is 0 Å². The van der Waals surface area contributed by atoms with E-state index in [9.17, 15) is 4.79 Å². The van der Waals surface area contributed by atoms with Crippen LogP contribution in [0.2, 0.25) is 0 Å². The number of carbonyl (C=O) groups excluding carboxylic acids is 1. The Labute approximate surface area is 120 Å². The van der Waals surface area contributed by atoms with Gasteiger partial charge in [-0.1, -0.05) is 15.9 Å². The van der Waals surface area contributed by atoms with Crippen molar-refractivity contribution in [3.05, 3.63) is 52.6 Å². The number of pyridine rings is 1. The molecule has 19 heavy (non-hydrogen) atoms. The number of hydrogen-bond acceptors (Lipinski definition) is 3. The van der Waals surface area contributed by atoms with Crippen LogP contribution >= 0.6 is 15.9 Å². The van der Waals surface area contributed by atoms with Gasteiger partial charge in [0, 0.05) is 24.1 Å². The quantitative estimate of drug-likeness (QED) is 0.945. The lowest BCUT2D eigenvalue weighted by Gasteiger charge is -2.11. The molecule has 1 amide bonds. The van der Waals surface area contributed by atoms with Gasteiger partial charge in [-0.05, 0) is 36.4 Å². The maximum Gasteiger partial charge on any atom is 0.255 e.